The third-order valence-electron chi connectivity index (χ3n) is 4.51. The lowest BCUT2D eigenvalue weighted by atomic mass is 10.1. The largest absolute Gasteiger partial charge is 0.436 e. The molecule has 22 heavy (non-hydrogen) atoms. The van der Waals surface area contributed by atoms with Crippen molar-refractivity contribution in [2.24, 2.45) is 0 Å². The highest BCUT2D eigenvalue weighted by atomic mass is 16.3. The van der Waals surface area contributed by atoms with Crippen molar-refractivity contribution in [3.63, 3.8) is 0 Å². The molecule has 0 bridgehead atoms. The van der Waals surface area contributed by atoms with Gasteiger partial charge in [-0.1, -0.05) is 18.2 Å². The van der Waals surface area contributed by atoms with Crippen LogP contribution in [0.4, 0.5) is 5.69 Å². The predicted molar refractivity (Wildman–Crippen MR) is 90.4 cm³/mol. The van der Waals surface area contributed by atoms with Gasteiger partial charge in [-0.15, -0.1) is 0 Å². The number of aryl methyl sites for hydroxylation is 2. The number of oxazole rings is 1. The summed E-state index contributed by atoms with van der Waals surface area (Å²) in [6, 6.07) is 12.6. The van der Waals surface area contributed by atoms with Crippen molar-refractivity contribution in [1.82, 2.24) is 4.98 Å². The number of hydrogen-bond acceptors (Lipinski definition) is 3. The number of nitrogens with zero attached hydrogens (tertiary/aromatic N) is 2. The van der Waals surface area contributed by atoms with E-state index in [4.69, 9.17) is 9.40 Å². The van der Waals surface area contributed by atoms with E-state index in [0.717, 1.165) is 41.2 Å². The summed E-state index contributed by atoms with van der Waals surface area (Å²) in [6.07, 6.45) is 2.56. The quantitative estimate of drug-likeness (QED) is 0.685. The fourth-order valence-corrected chi connectivity index (χ4v) is 3.27. The van der Waals surface area contributed by atoms with Gasteiger partial charge >= 0.3 is 0 Å². The van der Waals surface area contributed by atoms with Crippen molar-refractivity contribution in [1.29, 1.82) is 0 Å². The average Bonchev–Trinajstić information content (AvgIpc) is 3.17. The first-order valence-corrected chi connectivity index (χ1v) is 7.94. The van der Waals surface area contributed by atoms with E-state index in [1.807, 2.05) is 12.1 Å². The molecule has 0 radical (unpaired) electrons. The van der Waals surface area contributed by atoms with E-state index in [2.05, 4.69) is 43.0 Å². The Hall–Kier alpha value is -2.29. The van der Waals surface area contributed by atoms with Gasteiger partial charge in [0.1, 0.15) is 5.52 Å². The summed E-state index contributed by atoms with van der Waals surface area (Å²) < 4.78 is 6.05. The van der Waals surface area contributed by atoms with Crippen molar-refractivity contribution < 1.29 is 4.42 Å². The Morgan fingerprint density at radius 2 is 1.77 bits per heavy atom. The lowest BCUT2D eigenvalue weighted by Gasteiger charge is -2.17. The first-order chi connectivity index (χ1) is 10.7. The van der Waals surface area contributed by atoms with E-state index >= 15 is 0 Å². The summed E-state index contributed by atoms with van der Waals surface area (Å²) >= 11 is 0. The van der Waals surface area contributed by atoms with Crippen LogP contribution >= 0.6 is 0 Å². The van der Waals surface area contributed by atoms with Crippen LogP contribution in [0.25, 0.3) is 22.6 Å². The first kappa shape index (κ1) is 13.4. The molecule has 0 unspecified atom stereocenters. The third-order valence-corrected chi connectivity index (χ3v) is 4.51. The number of aromatic nitrogens is 1. The summed E-state index contributed by atoms with van der Waals surface area (Å²) in [5.74, 6) is 0.717. The van der Waals surface area contributed by atoms with Gasteiger partial charge in [-0.2, -0.15) is 0 Å². The highest BCUT2D eigenvalue weighted by Crippen LogP contribution is 2.32. The van der Waals surface area contributed by atoms with Crippen LogP contribution in [0, 0.1) is 13.8 Å². The molecule has 3 aromatic rings. The van der Waals surface area contributed by atoms with Crippen LogP contribution in [0.3, 0.4) is 0 Å². The van der Waals surface area contributed by atoms with Crippen LogP contribution in [-0.4, -0.2) is 18.1 Å². The molecule has 0 spiro atoms. The predicted octanol–water partition coefficient (Wildman–Crippen LogP) is 4.71. The fraction of sp³-hybridized carbons (Fsp3) is 0.316. The Bertz CT molecular complexity index is 829. The molecule has 2 aromatic carbocycles. The van der Waals surface area contributed by atoms with Crippen molar-refractivity contribution in [2.75, 3.05) is 18.0 Å². The Kier molecular flexibility index (Phi) is 3.14. The van der Waals surface area contributed by atoms with E-state index in [1.165, 1.54) is 24.1 Å². The Morgan fingerprint density at radius 1 is 1.00 bits per heavy atom. The van der Waals surface area contributed by atoms with Gasteiger partial charge in [0.2, 0.25) is 5.89 Å². The van der Waals surface area contributed by atoms with Gasteiger partial charge in [0.15, 0.2) is 5.58 Å². The number of rotatable bonds is 2. The Morgan fingerprint density at radius 3 is 2.55 bits per heavy atom. The highest BCUT2D eigenvalue weighted by Gasteiger charge is 2.17. The van der Waals surface area contributed by atoms with E-state index in [9.17, 15) is 0 Å². The fourth-order valence-electron chi connectivity index (χ4n) is 3.27. The zero-order chi connectivity index (χ0) is 15.1. The van der Waals surface area contributed by atoms with Gasteiger partial charge in [-0.3, -0.25) is 0 Å². The molecule has 0 aliphatic carbocycles. The van der Waals surface area contributed by atoms with Gasteiger partial charge in [-0.25, -0.2) is 4.98 Å². The van der Waals surface area contributed by atoms with Crippen LogP contribution < -0.4 is 4.90 Å². The van der Waals surface area contributed by atoms with Gasteiger partial charge in [0.05, 0.1) is 0 Å². The molecule has 0 amide bonds. The molecule has 2 heterocycles. The minimum absolute atomic E-state index is 0.717. The first-order valence-electron chi connectivity index (χ1n) is 7.94. The molecule has 1 fully saturated rings. The number of anilines is 1. The summed E-state index contributed by atoms with van der Waals surface area (Å²) in [5, 5.41) is 0. The normalized spacial score (nSPS) is 14.9. The second-order valence-corrected chi connectivity index (χ2v) is 6.14. The lowest BCUT2D eigenvalue weighted by molar-refractivity contribution is 0.617. The minimum atomic E-state index is 0.717. The van der Waals surface area contributed by atoms with Crippen LogP contribution in [0.5, 0.6) is 0 Å². The molecule has 3 nitrogen and oxygen atoms in total. The van der Waals surface area contributed by atoms with Crippen molar-refractivity contribution in [2.45, 2.75) is 26.7 Å². The van der Waals surface area contributed by atoms with Gasteiger partial charge in [-0.05, 0) is 56.0 Å². The summed E-state index contributed by atoms with van der Waals surface area (Å²) in [5.41, 5.74) is 6.55. The molecule has 0 atom stereocenters. The van der Waals surface area contributed by atoms with E-state index in [-0.39, 0.29) is 0 Å². The number of fused-ring (bicyclic) bond motifs is 1. The monoisotopic (exact) mass is 292 g/mol. The van der Waals surface area contributed by atoms with E-state index < -0.39 is 0 Å². The van der Waals surface area contributed by atoms with Crippen LogP contribution in [0.1, 0.15) is 24.0 Å². The second-order valence-electron chi connectivity index (χ2n) is 6.14. The molecule has 1 aromatic heterocycles. The molecule has 1 aliphatic heterocycles. The van der Waals surface area contributed by atoms with E-state index in [1.54, 1.807) is 0 Å². The zero-order valence-electron chi connectivity index (χ0n) is 13.1. The third kappa shape index (κ3) is 2.17. The maximum Gasteiger partial charge on any atom is 0.227 e. The highest BCUT2D eigenvalue weighted by molar-refractivity contribution is 5.83. The Labute approximate surface area is 130 Å². The number of hydrogen-bond donors (Lipinski definition) is 0. The van der Waals surface area contributed by atoms with Gasteiger partial charge in [0, 0.05) is 24.3 Å². The molecule has 1 aliphatic rings. The smallest absolute Gasteiger partial charge is 0.227 e. The molecule has 3 heteroatoms. The average molecular weight is 292 g/mol. The molecule has 112 valence electrons. The molecular formula is C19H20N2O. The SMILES string of the molecule is Cc1ccccc1-c1nc2cc(N3CCCC3)cc(C)c2o1. The van der Waals surface area contributed by atoms with E-state index in [0.29, 0.717) is 0 Å². The summed E-state index contributed by atoms with van der Waals surface area (Å²) in [6.45, 7) is 6.49. The van der Waals surface area contributed by atoms with Crippen molar-refractivity contribution >= 4 is 16.8 Å². The maximum atomic E-state index is 6.05. The summed E-state index contributed by atoms with van der Waals surface area (Å²) in [7, 11) is 0. The second kappa shape index (κ2) is 5.16. The summed E-state index contributed by atoms with van der Waals surface area (Å²) in [4.78, 5) is 7.18. The standard InChI is InChI=1S/C19H20N2O/c1-13-7-3-4-8-16(13)19-20-17-12-15(21-9-5-6-10-21)11-14(2)18(17)22-19/h3-4,7-8,11-12H,5-6,9-10H2,1-2H3. The number of benzene rings is 2. The van der Waals surface area contributed by atoms with Crippen LogP contribution in [0.2, 0.25) is 0 Å². The van der Waals surface area contributed by atoms with Crippen molar-refractivity contribution in [3.8, 4) is 11.5 Å². The van der Waals surface area contributed by atoms with Gasteiger partial charge in [0.25, 0.3) is 0 Å². The molecule has 0 N–H and O–H groups in total. The molecule has 0 saturated carbocycles. The topological polar surface area (TPSA) is 29.3 Å². The molecular weight excluding hydrogens is 272 g/mol. The van der Waals surface area contributed by atoms with Crippen molar-refractivity contribution in [3.05, 3.63) is 47.5 Å². The van der Waals surface area contributed by atoms with Crippen LogP contribution in [-0.2, 0) is 0 Å². The molecule has 4 rings (SSSR count). The zero-order valence-corrected chi connectivity index (χ0v) is 13.1. The molecule has 1 saturated heterocycles. The lowest BCUT2D eigenvalue weighted by Crippen LogP contribution is -2.17. The minimum Gasteiger partial charge on any atom is -0.436 e. The van der Waals surface area contributed by atoms with Gasteiger partial charge < -0.3 is 9.32 Å². The Balaban J connectivity index is 1.83. The maximum absolute atomic E-state index is 6.05. The van der Waals surface area contributed by atoms with Crippen LogP contribution in [0.15, 0.2) is 40.8 Å².